The molecular weight excluding hydrogens is 252 g/mol. The molecular formula is C16H20N2O2. The molecule has 0 aliphatic heterocycles. The number of carbonyl (C=O) groups excluding carboxylic acids is 1. The summed E-state index contributed by atoms with van der Waals surface area (Å²) in [5.74, 6) is 0.00492. The topological polar surface area (TPSA) is 55.1 Å². The van der Waals surface area contributed by atoms with E-state index in [-0.39, 0.29) is 5.91 Å². The molecule has 4 heteroatoms. The van der Waals surface area contributed by atoms with Crippen molar-refractivity contribution in [1.82, 2.24) is 10.5 Å². The van der Waals surface area contributed by atoms with Crippen LogP contribution in [0.5, 0.6) is 0 Å². The van der Waals surface area contributed by atoms with Crippen molar-refractivity contribution in [2.24, 2.45) is 0 Å². The Morgan fingerprint density at radius 2 is 1.95 bits per heavy atom. The molecule has 0 aliphatic carbocycles. The quantitative estimate of drug-likeness (QED) is 0.851. The first-order chi connectivity index (χ1) is 9.58. The lowest BCUT2D eigenvalue weighted by Crippen LogP contribution is -2.26. The van der Waals surface area contributed by atoms with Crippen LogP contribution in [-0.4, -0.2) is 17.6 Å². The molecule has 1 N–H and O–H groups in total. The fourth-order valence-electron chi connectivity index (χ4n) is 2.47. The van der Waals surface area contributed by atoms with Crippen LogP contribution in [0.3, 0.4) is 0 Å². The van der Waals surface area contributed by atoms with Crippen LogP contribution in [0.15, 0.2) is 29.1 Å². The fraction of sp³-hybridized carbons (Fsp3) is 0.375. The van der Waals surface area contributed by atoms with Crippen molar-refractivity contribution >= 4 is 5.91 Å². The number of nitrogens with one attached hydrogen (secondary N) is 1. The summed E-state index contributed by atoms with van der Waals surface area (Å²) in [6, 6.07) is 4.08. The minimum Gasteiger partial charge on any atom is -0.364 e. The first kappa shape index (κ1) is 14.3. The summed E-state index contributed by atoms with van der Waals surface area (Å²) >= 11 is 0. The molecule has 106 valence electrons. The lowest BCUT2D eigenvalue weighted by atomic mass is 9.99. The van der Waals surface area contributed by atoms with E-state index in [0.29, 0.717) is 6.54 Å². The molecule has 4 nitrogen and oxygen atoms in total. The van der Waals surface area contributed by atoms with Crippen molar-refractivity contribution in [1.29, 1.82) is 0 Å². The summed E-state index contributed by atoms with van der Waals surface area (Å²) in [5, 5.41) is 6.63. The van der Waals surface area contributed by atoms with Crippen molar-refractivity contribution in [3.05, 3.63) is 52.4 Å². The van der Waals surface area contributed by atoms with E-state index in [4.69, 9.17) is 4.52 Å². The van der Waals surface area contributed by atoms with Gasteiger partial charge in [0.05, 0.1) is 6.20 Å². The van der Waals surface area contributed by atoms with Gasteiger partial charge in [0, 0.05) is 17.7 Å². The van der Waals surface area contributed by atoms with Crippen molar-refractivity contribution < 1.29 is 9.32 Å². The summed E-state index contributed by atoms with van der Waals surface area (Å²) in [7, 11) is 0. The van der Waals surface area contributed by atoms with Gasteiger partial charge in [-0.25, -0.2) is 0 Å². The molecule has 1 amide bonds. The van der Waals surface area contributed by atoms with Crippen LogP contribution in [0.4, 0.5) is 0 Å². The van der Waals surface area contributed by atoms with E-state index in [9.17, 15) is 4.79 Å². The van der Waals surface area contributed by atoms with Gasteiger partial charge in [-0.1, -0.05) is 22.9 Å². The molecule has 0 atom stereocenters. The maximum atomic E-state index is 12.2. The second-order valence-electron chi connectivity index (χ2n) is 5.17. The molecule has 0 bridgehead atoms. The minimum atomic E-state index is 0.00492. The SMILES string of the molecule is Cc1cc(C)c(C(=O)NCCCc2cnoc2)c(C)c1. The number of nitrogens with zero attached hydrogens (tertiary/aromatic N) is 1. The highest BCUT2D eigenvalue weighted by Crippen LogP contribution is 2.16. The Morgan fingerprint density at radius 3 is 2.55 bits per heavy atom. The van der Waals surface area contributed by atoms with Gasteiger partial charge in [-0.05, 0) is 44.7 Å². The minimum absolute atomic E-state index is 0.00492. The van der Waals surface area contributed by atoms with Gasteiger partial charge in [-0.2, -0.15) is 0 Å². The Kier molecular flexibility index (Phi) is 4.56. The Bertz CT molecular complexity index is 566. The third kappa shape index (κ3) is 3.47. The number of carbonyl (C=O) groups is 1. The lowest BCUT2D eigenvalue weighted by Gasteiger charge is -2.11. The average Bonchev–Trinajstić information content (AvgIpc) is 2.86. The molecule has 20 heavy (non-hydrogen) atoms. The van der Waals surface area contributed by atoms with Crippen molar-refractivity contribution in [2.45, 2.75) is 33.6 Å². The van der Waals surface area contributed by atoms with Crippen LogP contribution >= 0.6 is 0 Å². The zero-order valence-electron chi connectivity index (χ0n) is 12.2. The molecule has 0 radical (unpaired) electrons. The summed E-state index contributed by atoms with van der Waals surface area (Å²) in [5.41, 5.74) is 5.09. The smallest absolute Gasteiger partial charge is 0.251 e. The van der Waals surface area contributed by atoms with E-state index >= 15 is 0 Å². The maximum absolute atomic E-state index is 12.2. The Balaban J connectivity index is 1.89. The summed E-state index contributed by atoms with van der Waals surface area (Å²) in [6.45, 7) is 6.65. The maximum Gasteiger partial charge on any atom is 0.251 e. The zero-order valence-corrected chi connectivity index (χ0v) is 12.2. The van der Waals surface area contributed by atoms with Crippen LogP contribution < -0.4 is 5.32 Å². The van der Waals surface area contributed by atoms with Crippen LogP contribution in [-0.2, 0) is 6.42 Å². The van der Waals surface area contributed by atoms with Gasteiger partial charge in [-0.3, -0.25) is 4.79 Å². The first-order valence-electron chi connectivity index (χ1n) is 6.82. The number of hydrogen-bond donors (Lipinski definition) is 1. The summed E-state index contributed by atoms with van der Waals surface area (Å²) in [6.07, 6.45) is 5.07. The average molecular weight is 272 g/mol. The van der Waals surface area contributed by atoms with E-state index in [0.717, 1.165) is 35.1 Å². The molecule has 0 unspecified atom stereocenters. The third-order valence-corrected chi connectivity index (χ3v) is 3.32. The van der Waals surface area contributed by atoms with E-state index in [2.05, 4.69) is 10.5 Å². The number of aryl methyl sites for hydroxylation is 4. The van der Waals surface area contributed by atoms with E-state index in [1.165, 1.54) is 5.56 Å². The van der Waals surface area contributed by atoms with Gasteiger partial charge in [0.1, 0.15) is 6.26 Å². The molecule has 1 aromatic carbocycles. The molecule has 0 fully saturated rings. The fourth-order valence-corrected chi connectivity index (χ4v) is 2.47. The van der Waals surface area contributed by atoms with Crippen LogP contribution in [0.1, 0.15) is 39.0 Å². The molecule has 0 saturated heterocycles. The van der Waals surface area contributed by atoms with Gasteiger partial charge in [0.2, 0.25) is 0 Å². The highest BCUT2D eigenvalue weighted by atomic mass is 16.5. The second kappa shape index (κ2) is 6.37. The van der Waals surface area contributed by atoms with E-state index in [1.54, 1.807) is 12.5 Å². The summed E-state index contributed by atoms with van der Waals surface area (Å²) < 4.78 is 4.77. The van der Waals surface area contributed by atoms with Crippen molar-refractivity contribution in [3.8, 4) is 0 Å². The normalized spacial score (nSPS) is 10.6. The van der Waals surface area contributed by atoms with Crippen LogP contribution in [0, 0.1) is 20.8 Å². The highest BCUT2D eigenvalue weighted by Gasteiger charge is 2.12. The van der Waals surface area contributed by atoms with E-state index in [1.807, 2.05) is 32.9 Å². The highest BCUT2D eigenvalue weighted by molar-refractivity contribution is 5.97. The number of aromatic nitrogens is 1. The second-order valence-corrected chi connectivity index (χ2v) is 5.17. The third-order valence-electron chi connectivity index (χ3n) is 3.32. The molecule has 2 rings (SSSR count). The molecule has 1 heterocycles. The van der Waals surface area contributed by atoms with Crippen molar-refractivity contribution in [2.75, 3.05) is 6.54 Å². The number of amides is 1. The predicted octanol–water partition coefficient (Wildman–Crippen LogP) is 2.96. The van der Waals surface area contributed by atoms with Gasteiger partial charge in [0.25, 0.3) is 5.91 Å². The first-order valence-corrected chi connectivity index (χ1v) is 6.82. The number of benzene rings is 1. The van der Waals surface area contributed by atoms with Crippen LogP contribution in [0.2, 0.25) is 0 Å². The Labute approximate surface area is 119 Å². The van der Waals surface area contributed by atoms with Crippen LogP contribution in [0.25, 0.3) is 0 Å². The lowest BCUT2D eigenvalue weighted by molar-refractivity contribution is 0.0952. The van der Waals surface area contributed by atoms with E-state index < -0.39 is 0 Å². The van der Waals surface area contributed by atoms with Crippen molar-refractivity contribution in [3.63, 3.8) is 0 Å². The Hall–Kier alpha value is -2.10. The molecule has 2 aromatic rings. The number of hydrogen-bond acceptors (Lipinski definition) is 3. The molecule has 0 spiro atoms. The molecule has 0 saturated carbocycles. The van der Waals surface area contributed by atoms with Gasteiger partial charge >= 0.3 is 0 Å². The molecule has 0 aliphatic rings. The monoisotopic (exact) mass is 272 g/mol. The van der Waals surface area contributed by atoms with Gasteiger partial charge < -0.3 is 9.84 Å². The zero-order chi connectivity index (χ0) is 14.5. The van der Waals surface area contributed by atoms with Gasteiger partial charge in [0.15, 0.2) is 0 Å². The number of rotatable bonds is 5. The Morgan fingerprint density at radius 1 is 1.25 bits per heavy atom. The largest absolute Gasteiger partial charge is 0.364 e. The van der Waals surface area contributed by atoms with Gasteiger partial charge in [-0.15, -0.1) is 0 Å². The summed E-state index contributed by atoms with van der Waals surface area (Å²) in [4.78, 5) is 12.2. The standard InChI is InChI=1S/C16H20N2O2/c1-11-7-12(2)15(13(3)8-11)16(19)17-6-4-5-14-9-18-20-10-14/h7-10H,4-6H2,1-3H3,(H,17,19). The molecule has 1 aromatic heterocycles. The predicted molar refractivity (Wildman–Crippen MR) is 77.8 cm³/mol.